The third kappa shape index (κ3) is 4.68. The third-order valence-corrected chi connectivity index (χ3v) is 6.87. The number of rotatable bonds is 7. The van der Waals surface area contributed by atoms with Gasteiger partial charge in [-0.15, -0.1) is 11.3 Å². The summed E-state index contributed by atoms with van der Waals surface area (Å²) >= 11 is 5.88. The number of hydrogen-bond acceptors (Lipinski definition) is 6. The van der Waals surface area contributed by atoms with Gasteiger partial charge in [-0.1, -0.05) is 33.8 Å². The van der Waals surface area contributed by atoms with Gasteiger partial charge in [0.1, 0.15) is 5.82 Å². The molecular weight excluding hydrogens is 457 g/mol. The normalized spacial score (nSPS) is 18.1. The summed E-state index contributed by atoms with van der Waals surface area (Å²) in [5.74, 6) is -0.895. The van der Waals surface area contributed by atoms with Crippen LogP contribution in [0.1, 0.15) is 34.9 Å². The number of likely N-dealkylation sites (tertiary alicyclic amines) is 1. The molecule has 2 atom stereocenters. The van der Waals surface area contributed by atoms with Crippen LogP contribution in [-0.4, -0.2) is 45.2 Å². The summed E-state index contributed by atoms with van der Waals surface area (Å²) in [6.07, 6.45) is 0.974. The second-order valence-corrected chi connectivity index (χ2v) is 9.15. The van der Waals surface area contributed by atoms with Crippen molar-refractivity contribution in [1.29, 1.82) is 0 Å². The topological polar surface area (TPSA) is 96.5 Å². The van der Waals surface area contributed by atoms with Crippen molar-refractivity contribution in [1.82, 2.24) is 9.88 Å². The number of carboxylic acids is 1. The number of amides is 1. The zero-order valence-corrected chi connectivity index (χ0v) is 17.3. The Hall–Kier alpha value is -1.49. The lowest BCUT2D eigenvalue weighted by Crippen LogP contribution is -2.41. The molecule has 144 valence electrons. The number of carbonyl (C=O) groups is 2. The van der Waals surface area contributed by atoms with Gasteiger partial charge in [0, 0.05) is 34.1 Å². The van der Waals surface area contributed by atoms with E-state index in [1.807, 2.05) is 0 Å². The van der Waals surface area contributed by atoms with Crippen LogP contribution < -0.4 is 5.73 Å². The molecule has 1 aromatic carbocycles. The molecule has 3 N–H and O–H groups in total. The molecule has 1 aromatic heterocycles. The van der Waals surface area contributed by atoms with E-state index in [9.17, 15) is 14.0 Å². The number of benzene rings is 1. The number of nitrogens with two attached hydrogens (primary N) is 1. The molecule has 0 radical (unpaired) electrons. The third-order valence-electron chi connectivity index (χ3n) is 4.37. The number of carboxylic acid groups (broad SMARTS) is 1. The van der Waals surface area contributed by atoms with Crippen LogP contribution in [0.3, 0.4) is 0 Å². The molecule has 1 aliphatic rings. The molecule has 0 spiro atoms. The molecule has 1 saturated heterocycles. The Kier molecular flexibility index (Phi) is 6.51. The number of aromatic nitrogens is 1. The first-order valence-electron chi connectivity index (χ1n) is 8.18. The Balaban J connectivity index is 1.64. The summed E-state index contributed by atoms with van der Waals surface area (Å²) in [5.41, 5.74) is 6.70. The van der Waals surface area contributed by atoms with Crippen LogP contribution in [0.25, 0.3) is 0 Å². The van der Waals surface area contributed by atoms with Crippen molar-refractivity contribution >= 4 is 50.9 Å². The Bertz CT molecular complexity index is 864. The minimum Gasteiger partial charge on any atom is -0.476 e. The van der Waals surface area contributed by atoms with E-state index in [0.717, 1.165) is 0 Å². The number of carbonyl (C=O) groups excluding carboxylic acids is 1. The van der Waals surface area contributed by atoms with Crippen molar-refractivity contribution in [3.63, 3.8) is 0 Å². The molecule has 3 rings (SSSR count). The average Bonchev–Trinajstić information content (AvgIpc) is 3.22. The lowest BCUT2D eigenvalue weighted by molar-refractivity contribution is -0.128. The van der Waals surface area contributed by atoms with Crippen molar-refractivity contribution in [2.75, 3.05) is 12.3 Å². The van der Waals surface area contributed by atoms with Gasteiger partial charge in [0.25, 0.3) is 0 Å². The summed E-state index contributed by atoms with van der Waals surface area (Å²) in [4.78, 5) is 28.9. The fraction of sp³-hybridized carbons (Fsp3) is 0.353. The Morgan fingerprint density at radius 3 is 3.00 bits per heavy atom. The second kappa shape index (κ2) is 8.68. The molecule has 0 saturated carbocycles. The van der Waals surface area contributed by atoms with Gasteiger partial charge in [-0.2, -0.15) is 0 Å². The van der Waals surface area contributed by atoms with Gasteiger partial charge in [0.05, 0.1) is 12.1 Å². The van der Waals surface area contributed by atoms with Gasteiger partial charge >= 0.3 is 5.97 Å². The van der Waals surface area contributed by atoms with Crippen molar-refractivity contribution in [3.8, 4) is 0 Å². The van der Waals surface area contributed by atoms with E-state index in [0.29, 0.717) is 39.5 Å². The summed E-state index contributed by atoms with van der Waals surface area (Å²) < 4.78 is 15.5. The van der Waals surface area contributed by atoms with Crippen LogP contribution in [0.15, 0.2) is 32.4 Å². The number of nitrogens with zero attached hydrogens (tertiary/aromatic N) is 2. The highest BCUT2D eigenvalue weighted by Crippen LogP contribution is 2.31. The number of halogens is 2. The SMILES string of the molecule is NC(c1ccc(Br)cc1F)[C@H]1CCC(=O)N1CCSc1nc(C(=O)O)cs1. The highest BCUT2D eigenvalue weighted by Gasteiger charge is 2.36. The van der Waals surface area contributed by atoms with E-state index in [-0.39, 0.29) is 17.6 Å². The zero-order valence-electron chi connectivity index (χ0n) is 14.1. The van der Waals surface area contributed by atoms with Crippen molar-refractivity contribution in [3.05, 3.63) is 45.1 Å². The first-order chi connectivity index (χ1) is 12.9. The van der Waals surface area contributed by atoms with E-state index >= 15 is 0 Å². The highest BCUT2D eigenvalue weighted by molar-refractivity contribution is 9.10. The smallest absolute Gasteiger partial charge is 0.355 e. The quantitative estimate of drug-likeness (QED) is 0.597. The molecule has 1 unspecified atom stereocenters. The van der Waals surface area contributed by atoms with Crippen molar-refractivity contribution in [2.45, 2.75) is 29.3 Å². The molecule has 1 fully saturated rings. The van der Waals surface area contributed by atoms with Crippen LogP contribution in [-0.2, 0) is 4.79 Å². The molecular formula is C17H17BrFN3O3S2. The minimum atomic E-state index is -1.06. The highest BCUT2D eigenvalue weighted by atomic mass is 79.9. The monoisotopic (exact) mass is 473 g/mol. The maximum atomic E-state index is 14.2. The van der Waals surface area contributed by atoms with Gasteiger partial charge in [-0.05, 0) is 18.6 Å². The van der Waals surface area contributed by atoms with E-state index < -0.39 is 17.8 Å². The summed E-state index contributed by atoms with van der Waals surface area (Å²) in [6, 6.07) is 3.88. The lowest BCUT2D eigenvalue weighted by Gasteiger charge is -2.30. The first-order valence-corrected chi connectivity index (χ1v) is 10.8. The first kappa shape index (κ1) is 20.2. The molecule has 10 heteroatoms. The Labute approximate surface area is 172 Å². The molecule has 2 aromatic rings. The van der Waals surface area contributed by atoms with Gasteiger partial charge < -0.3 is 15.7 Å². The molecule has 6 nitrogen and oxygen atoms in total. The zero-order chi connectivity index (χ0) is 19.6. The average molecular weight is 474 g/mol. The fourth-order valence-corrected chi connectivity index (χ4v) is 5.19. The van der Waals surface area contributed by atoms with Crippen LogP contribution >= 0.6 is 39.0 Å². The molecule has 1 amide bonds. The van der Waals surface area contributed by atoms with Crippen LogP contribution in [0.5, 0.6) is 0 Å². The van der Waals surface area contributed by atoms with E-state index in [1.165, 1.54) is 34.5 Å². The van der Waals surface area contributed by atoms with Crippen molar-refractivity contribution < 1.29 is 19.1 Å². The molecule has 0 bridgehead atoms. The number of aromatic carboxylic acids is 1. The largest absolute Gasteiger partial charge is 0.476 e. The second-order valence-electron chi connectivity index (χ2n) is 6.04. The summed E-state index contributed by atoms with van der Waals surface area (Å²) in [5, 5.41) is 10.4. The maximum absolute atomic E-state index is 14.2. The standard InChI is InChI=1S/C17H17BrFN3O3S2/c18-9-1-2-10(11(19)7-9)15(20)13-3-4-14(23)22(13)5-6-26-17-21-12(8-27-17)16(24)25/h1-2,7-8,13,15H,3-6,20H2,(H,24,25)/t13-,15?/m1/s1. The summed E-state index contributed by atoms with van der Waals surface area (Å²) in [7, 11) is 0. The van der Waals surface area contributed by atoms with Crippen LogP contribution in [0.2, 0.25) is 0 Å². The predicted octanol–water partition coefficient (Wildman–Crippen LogP) is 3.53. The number of hydrogen-bond donors (Lipinski definition) is 2. The molecule has 0 aliphatic carbocycles. The van der Waals surface area contributed by atoms with E-state index in [4.69, 9.17) is 10.8 Å². The Morgan fingerprint density at radius 2 is 2.33 bits per heavy atom. The Morgan fingerprint density at radius 1 is 1.56 bits per heavy atom. The van der Waals surface area contributed by atoms with Crippen LogP contribution in [0.4, 0.5) is 4.39 Å². The minimum absolute atomic E-state index is 0.000987. The van der Waals surface area contributed by atoms with E-state index in [1.54, 1.807) is 17.0 Å². The van der Waals surface area contributed by atoms with Gasteiger partial charge in [0.2, 0.25) is 5.91 Å². The maximum Gasteiger partial charge on any atom is 0.355 e. The molecule has 2 heterocycles. The van der Waals surface area contributed by atoms with Gasteiger partial charge in [-0.3, -0.25) is 4.79 Å². The fourth-order valence-electron chi connectivity index (χ4n) is 3.05. The number of thioether (sulfide) groups is 1. The molecule has 1 aliphatic heterocycles. The van der Waals surface area contributed by atoms with Gasteiger partial charge in [-0.25, -0.2) is 14.2 Å². The van der Waals surface area contributed by atoms with Gasteiger partial charge in [0.15, 0.2) is 10.0 Å². The van der Waals surface area contributed by atoms with E-state index in [2.05, 4.69) is 20.9 Å². The predicted molar refractivity (Wildman–Crippen MR) is 106 cm³/mol. The number of thiazole rings is 1. The lowest BCUT2D eigenvalue weighted by atomic mass is 9.98. The van der Waals surface area contributed by atoms with Crippen LogP contribution in [0, 0.1) is 5.82 Å². The summed E-state index contributed by atoms with van der Waals surface area (Å²) in [6.45, 7) is 0.446. The molecule has 27 heavy (non-hydrogen) atoms. The van der Waals surface area contributed by atoms with Crippen molar-refractivity contribution in [2.24, 2.45) is 5.73 Å².